The maximum atomic E-state index is 13.3. The highest BCUT2D eigenvalue weighted by Crippen LogP contribution is 2.41. The third kappa shape index (κ3) is 4.40. The Morgan fingerprint density at radius 2 is 1.64 bits per heavy atom. The van der Waals surface area contributed by atoms with Crippen molar-refractivity contribution < 1.29 is 24.2 Å². The number of nitrogens with zero attached hydrogens (tertiary/aromatic N) is 2. The Morgan fingerprint density at radius 1 is 0.944 bits per heavy atom. The second-order valence-electron chi connectivity index (χ2n) is 9.07. The fraction of sp³-hybridized carbons (Fsp3) is 0.241. The van der Waals surface area contributed by atoms with Crippen LogP contribution in [-0.2, 0) is 16.0 Å². The number of carbonyl (C=O) groups is 2. The molecule has 0 aromatic heterocycles. The van der Waals surface area contributed by atoms with E-state index in [0.29, 0.717) is 43.2 Å². The molecular formula is C29H28N2O5. The van der Waals surface area contributed by atoms with Gasteiger partial charge < -0.3 is 24.4 Å². The summed E-state index contributed by atoms with van der Waals surface area (Å²) in [7, 11) is 3.89. The second-order valence-corrected chi connectivity index (χ2v) is 9.07. The first-order chi connectivity index (χ1) is 17.4. The lowest BCUT2D eigenvalue weighted by molar-refractivity contribution is -0.139. The number of aliphatic hydroxyl groups excluding tert-OH is 1. The normalized spacial score (nSPS) is 18.4. The van der Waals surface area contributed by atoms with Crippen molar-refractivity contribution in [1.29, 1.82) is 0 Å². The summed E-state index contributed by atoms with van der Waals surface area (Å²) in [5.41, 5.74) is 3.28. The summed E-state index contributed by atoms with van der Waals surface area (Å²) in [5, 5.41) is 11.4. The van der Waals surface area contributed by atoms with E-state index in [-0.39, 0.29) is 11.3 Å². The molecule has 1 amide bonds. The van der Waals surface area contributed by atoms with Crippen LogP contribution in [0.15, 0.2) is 78.4 Å². The number of anilines is 1. The van der Waals surface area contributed by atoms with E-state index in [1.165, 1.54) is 0 Å². The number of aliphatic hydroxyl groups is 1. The molecule has 2 aliphatic heterocycles. The molecule has 0 saturated carbocycles. The zero-order valence-electron chi connectivity index (χ0n) is 20.3. The van der Waals surface area contributed by atoms with Crippen molar-refractivity contribution in [3.05, 3.63) is 95.1 Å². The van der Waals surface area contributed by atoms with Gasteiger partial charge >= 0.3 is 0 Å². The molecule has 7 nitrogen and oxygen atoms in total. The van der Waals surface area contributed by atoms with Crippen LogP contribution in [0.3, 0.4) is 0 Å². The second kappa shape index (κ2) is 9.77. The van der Waals surface area contributed by atoms with Gasteiger partial charge in [-0.2, -0.15) is 0 Å². The molecule has 3 aromatic carbocycles. The minimum absolute atomic E-state index is 0.0716. The van der Waals surface area contributed by atoms with Crippen LogP contribution in [0.2, 0.25) is 0 Å². The van der Waals surface area contributed by atoms with Gasteiger partial charge in [0.05, 0.1) is 11.6 Å². The van der Waals surface area contributed by atoms with E-state index < -0.39 is 17.7 Å². The van der Waals surface area contributed by atoms with E-state index in [0.717, 1.165) is 16.8 Å². The van der Waals surface area contributed by atoms with Gasteiger partial charge in [0.15, 0.2) is 11.5 Å². The lowest BCUT2D eigenvalue weighted by Crippen LogP contribution is -2.31. The topological polar surface area (TPSA) is 79.3 Å². The van der Waals surface area contributed by atoms with Gasteiger partial charge in [-0.05, 0) is 47.9 Å². The van der Waals surface area contributed by atoms with Gasteiger partial charge in [0.1, 0.15) is 19.0 Å². The average Bonchev–Trinajstić information content (AvgIpc) is 3.16. The van der Waals surface area contributed by atoms with E-state index in [1.54, 1.807) is 23.1 Å². The number of ketones is 1. The first-order valence-electron chi connectivity index (χ1n) is 11.9. The molecule has 1 N–H and O–H groups in total. The van der Waals surface area contributed by atoms with E-state index in [2.05, 4.69) is 0 Å². The molecule has 1 atom stereocenters. The predicted molar refractivity (Wildman–Crippen MR) is 137 cm³/mol. The molecule has 2 heterocycles. The number of amides is 1. The molecule has 0 aliphatic carbocycles. The molecule has 1 saturated heterocycles. The SMILES string of the molecule is CN(C)c1ccc([C@H]2C(=C(O)c3ccc4c(c3)OCCO4)C(=O)C(=O)N2CCc2ccccc2)cc1. The fourth-order valence-electron chi connectivity index (χ4n) is 4.65. The van der Waals surface area contributed by atoms with Crippen molar-refractivity contribution in [2.45, 2.75) is 12.5 Å². The van der Waals surface area contributed by atoms with Crippen molar-refractivity contribution in [3.8, 4) is 11.5 Å². The number of benzene rings is 3. The van der Waals surface area contributed by atoms with Gasteiger partial charge in [-0.25, -0.2) is 0 Å². The molecule has 0 radical (unpaired) electrons. The quantitative estimate of drug-likeness (QED) is 0.321. The maximum absolute atomic E-state index is 13.3. The first kappa shape index (κ1) is 23.5. The van der Waals surface area contributed by atoms with Gasteiger partial charge in [0.2, 0.25) is 0 Å². The van der Waals surface area contributed by atoms with Gasteiger partial charge in [0.25, 0.3) is 11.7 Å². The minimum atomic E-state index is -0.710. The Labute approximate surface area is 210 Å². The standard InChI is InChI=1S/C29H28N2O5/c1-30(2)22-11-8-20(9-12-22)26-25(27(32)21-10-13-23-24(18-21)36-17-16-35-23)28(33)29(34)31(26)15-14-19-6-4-3-5-7-19/h3-13,18,26,32H,14-17H2,1-2H3/t26-/m0/s1. The van der Waals surface area contributed by atoms with E-state index in [4.69, 9.17) is 9.47 Å². The van der Waals surface area contributed by atoms with Crippen molar-refractivity contribution in [1.82, 2.24) is 4.90 Å². The zero-order valence-corrected chi connectivity index (χ0v) is 20.3. The molecule has 2 aliphatic rings. The Kier molecular flexibility index (Phi) is 6.38. The molecule has 36 heavy (non-hydrogen) atoms. The summed E-state index contributed by atoms with van der Waals surface area (Å²) in [5.74, 6) is -0.467. The number of ether oxygens (including phenoxy) is 2. The van der Waals surface area contributed by atoms with Crippen LogP contribution in [0.25, 0.3) is 5.76 Å². The summed E-state index contributed by atoms with van der Waals surface area (Å²) >= 11 is 0. The van der Waals surface area contributed by atoms with Crippen LogP contribution in [-0.4, -0.2) is 55.6 Å². The molecule has 0 spiro atoms. The first-order valence-corrected chi connectivity index (χ1v) is 11.9. The largest absolute Gasteiger partial charge is 0.507 e. The number of fused-ring (bicyclic) bond motifs is 1. The van der Waals surface area contributed by atoms with Crippen LogP contribution in [0.1, 0.15) is 22.7 Å². The summed E-state index contributed by atoms with van der Waals surface area (Å²) < 4.78 is 11.2. The van der Waals surface area contributed by atoms with Crippen LogP contribution in [0.5, 0.6) is 11.5 Å². The molecule has 184 valence electrons. The van der Waals surface area contributed by atoms with E-state index >= 15 is 0 Å². The van der Waals surface area contributed by atoms with Crippen LogP contribution < -0.4 is 14.4 Å². The third-order valence-corrected chi connectivity index (χ3v) is 6.57. The van der Waals surface area contributed by atoms with Gasteiger partial charge in [-0.1, -0.05) is 42.5 Å². The maximum Gasteiger partial charge on any atom is 0.295 e. The minimum Gasteiger partial charge on any atom is -0.507 e. The van der Waals surface area contributed by atoms with Crippen LogP contribution in [0.4, 0.5) is 5.69 Å². The molecule has 7 heteroatoms. The highest BCUT2D eigenvalue weighted by molar-refractivity contribution is 6.46. The predicted octanol–water partition coefficient (Wildman–Crippen LogP) is 4.19. The van der Waals surface area contributed by atoms with E-state index in [9.17, 15) is 14.7 Å². The van der Waals surface area contributed by atoms with Gasteiger partial charge in [0, 0.05) is 31.9 Å². The number of hydrogen-bond donors (Lipinski definition) is 1. The lowest BCUT2D eigenvalue weighted by Gasteiger charge is -2.26. The van der Waals surface area contributed by atoms with Gasteiger partial charge in [-0.3, -0.25) is 9.59 Å². The fourth-order valence-corrected chi connectivity index (χ4v) is 4.65. The van der Waals surface area contributed by atoms with Crippen molar-refractivity contribution in [3.63, 3.8) is 0 Å². The zero-order chi connectivity index (χ0) is 25.2. The van der Waals surface area contributed by atoms with Crippen molar-refractivity contribution in [2.75, 3.05) is 38.8 Å². The van der Waals surface area contributed by atoms with Crippen molar-refractivity contribution >= 4 is 23.1 Å². The molecule has 0 unspecified atom stereocenters. The smallest absolute Gasteiger partial charge is 0.295 e. The highest BCUT2D eigenvalue weighted by Gasteiger charge is 2.45. The van der Waals surface area contributed by atoms with Crippen LogP contribution in [0, 0.1) is 0 Å². The number of hydrogen-bond acceptors (Lipinski definition) is 6. The highest BCUT2D eigenvalue weighted by atomic mass is 16.6. The Hall–Kier alpha value is -4.26. The summed E-state index contributed by atoms with van der Waals surface area (Å²) in [6.45, 7) is 1.19. The Bertz CT molecular complexity index is 1320. The summed E-state index contributed by atoms with van der Waals surface area (Å²) in [4.78, 5) is 30.1. The number of carbonyl (C=O) groups excluding carboxylic acids is 2. The molecular weight excluding hydrogens is 456 g/mol. The van der Waals surface area contributed by atoms with Crippen molar-refractivity contribution in [2.24, 2.45) is 0 Å². The number of likely N-dealkylation sites (tertiary alicyclic amines) is 1. The monoisotopic (exact) mass is 484 g/mol. The van der Waals surface area contributed by atoms with Gasteiger partial charge in [-0.15, -0.1) is 0 Å². The Morgan fingerprint density at radius 3 is 2.33 bits per heavy atom. The molecule has 3 aromatic rings. The summed E-state index contributed by atoms with van der Waals surface area (Å²) in [6.07, 6.45) is 0.588. The average molecular weight is 485 g/mol. The Balaban J connectivity index is 1.57. The summed E-state index contributed by atoms with van der Waals surface area (Å²) in [6, 6.07) is 21.8. The van der Waals surface area contributed by atoms with E-state index in [1.807, 2.05) is 73.6 Å². The number of Topliss-reactive ketones (excluding diaryl/α,β-unsaturated/α-hetero) is 1. The third-order valence-electron chi connectivity index (χ3n) is 6.57. The lowest BCUT2D eigenvalue weighted by atomic mass is 9.94. The van der Waals surface area contributed by atoms with Crippen LogP contribution >= 0.6 is 0 Å². The molecule has 5 rings (SSSR count). The molecule has 0 bridgehead atoms. The molecule has 1 fully saturated rings. The number of rotatable bonds is 6.